The quantitative estimate of drug-likeness (QED) is 0.422. The van der Waals surface area contributed by atoms with Crippen molar-refractivity contribution in [2.45, 2.75) is 6.61 Å². The second-order valence-corrected chi connectivity index (χ2v) is 5.08. The molecule has 3 aromatic rings. The van der Waals surface area contributed by atoms with Crippen molar-refractivity contribution in [3.05, 3.63) is 72.0 Å². The first kappa shape index (κ1) is 16.5. The maximum Gasteiger partial charge on any atom is 0.235 e. The van der Waals surface area contributed by atoms with Crippen LogP contribution in [0.1, 0.15) is 11.5 Å². The lowest BCUT2D eigenvalue weighted by molar-refractivity contribution is 0.111. The molecular formula is C18H16FN3O3. The van der Waals surface area contributed by atoms with E-state index in [2.05, 4.69) is 10.1 Å². The number of oxime groups is 1. The van der Waals surface area contributed by atoms with Crippen molar-refractivity contribution >= 4 is 5.84 Å². The van der Waals surface area contributed by atoms with Crippen LogP contribution >= 0.6 is 0 Å². The Kier molecular flexibility index (Phi) is 4.94. The van der Waals surface area contributed by atoms with Gasteiger partial charge in [0.2, 0.25) is 5.89 Å². The van der Waals surface area contributed by atoms with Gasteiger partial charge in [-0.3, -0.25) is 0 Å². The lowest BCUT2D eigenvalue weighted by atomic mass is 10.2. The van der Waals surface area contributed by atoms with Crippen LogP contribution in [0.2, 0.25) is 0 Å². The minimum atomic E-state index is -0.312. The molecule has 0 aliphatic rings. The fourth-order valence-electron chi connectivity index (χ4n) is 2.19. The highest BCUT2D eigenvalue weighted by atomic mass is 19.1. The van der Waals surface area contributed by atoms with E-state index in [-0.39, 0.29) is 18.3 Å². The Morgan fingerprint density at radius 2 is 1.96 bits per heavy atom. The highest BCUT2D eigenvalue weighted by Gasteiger charge is 2.09. The molecule has 0 bridgehead atoms. The van der Waals surface area contributed by atoms with Crippen molar-refractivity contribution in [2.24, 2.45) is 10.9 Å². The molecule has 1 heterocycles. The first-order valence-corrected chi connectivity index (χ1v) is 7.47. The Labute approximate surface area is 143 Å². The van der Waals surface area contributed by atoms with Crippen LogP contribution in [0.15, 0.2) is 64.3 Å². The summed E-state index contributed by atoms with van der Waals surface area (Å²) in [5, 5.41) is 3.86. The number of hydrogen-bond donors (Lipinski definition) is 1. The van der Waals surface area contributed by atoms with E-state index in [4.69, 9.17) is 19.7 Å². The van der Waals surface area contributed by atoms with Crippen molar-refractivity contribution in [1.82, 2.24) is 4.98 Å². The van der Waals surface area contributed by atoms with E-state index >= 15 is 0 Å². The van der Waals surface area contributed by atoms with E-state index in [0.717, 1.165) is 5.56 Å². The molecule has 0 radical (unpaired) electrons. The molecule has 3 rings (SSSR count). The zero-order valence-electron chi connectivity index (χ0n) is 13.5. The molecule has 1 aromatic heterocycles. The van der Waals surface area contributed by atoms with E-state index in [1.165, 1.54) is 12.1 Å². The number of rotatable bonds is 6. The van der Waals surface area contributed by atoms with Crippen LogP contribution in [0, 0.1) is 5.82 Å². The van der Waals surface area contributed by atoms with Gasteiger partial charge in [-0.15, -0.1) is 0 Å². The average molecular weight is 341 g/mol. The number of halogens is 1. The Bertz CT molecular complexity index is 875. The summed E-state index contributed by atoms with van der Waals surface area (Å²) in [5.74, 6) is 1.31. The number of oxazole rings is 1. The zero-order valence-corrected chi connectivity index (χ0v) is 13.5. The molecule has 0 saturated carbocycles. The van der Waals surface area contributed by atoms with Crippen molar-refractivity contribution in [2.75, 3.05) is 7.11 Å². The van der Waals surface area contributed by atoms with Crippen molar-refractivity contribution < 1.29 is 18.4 Å². The number of para-hydroxylation sites is 1. The zero-order chi connectivity index (χ0) is 17.6. The van der Waals surface area contributed by atoms with Gasteiger partial charge in [-0.25, -0.2) is 9.37 Å². The lowest BCUT2D eigenvalue weighted by Crippen LogP contribution is -2.15. The molecule has 128 valence electrons. The van der Waals surface area contributed by atoms with Crippen LogP contribution in [-0.4, -0.2) is 17.9 Å². The molecule has 0 saturated heterocycles. The molecule has 0 aliphatic carbocycles. The first-order valence-electron chi connectivity index (χ1n) is 7.47. The molecule has 2 aromatic carbocycles. The Morgan fingerprint density at radius 1 is 1.20 bits per heavy atom. The summed E-state index contributed by atoms with van der Waals surface area (Å²) in [4.78, 5) is 9.29. The van der Waals surface area contributed by atoms with Crippen LogP contribution in [0.25, 0.3) is 11.3 Å². The molecule has 0 atom stereocenters. The van der Waals surface area contributed by atoms with Crippen LogP contribution in [0.3, 0.4) is 0 Å². The van der Waals surface area contributed by atoms with Gasteiger partial charge in [0, 0.05) is 5.56 Å². The molecule has 0 fully saturated rings. The fraction of sp³-hybridized carbons (Fsp3) is 0.111. The SMILES string of the molecule is COc1ccccc1/C(N)=N/OCc1ncc(-c2ccc(F)cc2)o1. The third-order valence-electron chi connectivity index (χ3n) is 3.42. The molecule has 0 unspecified atom stereocenters. The highest BCUT2D eigenvalue weighted by Crippen LogP contribution is 2.21. The largest absolute Gasteiger partial charge is 0.496 e. The minimum Gasteiger partial charge on any atom is -0.496 e. The third-order valence-corrected chi connectivity index (χ3v) is 3.42. The highest BCUT2D eigenvalue weighted by molar-refractivity contribution is 5.99. The van der Waals surface area contributed by atoms with Gasteiger partial charge in [0.15, 0.2) is 18.2 Å². The number of methoxy groups -OCH3 is 1. The monoisotopic (exact) mass is 341 g/mol. The lowest BCUT2D eigenvalue weighted by Gasteiger charge is -2.06. The van der Waals surface area contributed by atoms with Gasteiger partial charge in [-0.2, -0.15) is 0 Å². The summed E-state index contributed by atoms with van der Waals surface area (Å²) in [7, 11) is 1.55. The molecule has 0 aliphatic heterocycles. The first-order chi connectivity index (χ1) is 12.2. The Balaban J connectivity index is 1.65. The van der Waals surface area contributed by atoms with E-state index in [9.17, 15) is 4.39 Å². The molecule has 0 spiro atoms. The van der Waals surface area contributed by atoms with Crippen molar-refractivity contribution in [3.63, 3.8) is 0 Å². The van der Waals surface area contributed by atoms with Crippen LogP contribution < -0.4 is 10.5 Å². The van der Waals surface area contributed by atoms with Crippen molar-refractivity contribution in [1.29, 1.82) is 0 Å². The normalized spacial score (nSPS) is 11.4. The van der Waals surface area contributed by atoms with E-state index in [1.807, 2.05) is 12.1 Å². The fourth-order valence-corrected chi connectivity index (χ4v) is 2.19. The van der Waals surface area contributed by atoms with Gasteiger partial charge in [-0.05, 0) is 36.4 Å². The van der Waals surface area contributed by atoms with E-state index < -0.39 is 0 Å². The Hall–Kier alpha value is -3.35. The number of nitrogens with zero attached hydrogens (tertiary/aromatic N) is 2. The number of hydrogen-bond acceptors (Lipinski definition) is 5. The van der Waals surface area contributed by atoms with E-state index in [0.29, 0.717) is 23.0 Å². The summed E-state index contributed by atoms with van der Waals surface area (Å²) in [6.45, 7) is 0.0110. The van der Waals surface area contributed by atoms with Gasteiger partial charge >= 0.3 is 0 Å². The standard InChI is InChI=1S/C18H16FN3O3/c1-23-15-5-3-2-4-14(15)18(20)22-24-11-17-21-10-16(25-17)12-6-8-13(19)9-7-12/h2-10H,11H2,1H3,(H2,20,22). The smallest absolute Gasteiger partial charge is 0.235 e. The third kappa shape index (κ3) is 3.95. The number of benzene rings is 2. The maximum atomic E-state index is 12.9. The topological polar surface area (TPSA) is 82.9 Å². The predicted octanol–water partition coefficient (Wildman–Crippen LogP) is 3.33. The summed E-state index contributed by atoms with van der Waals surface area (Å²) < 4.78 is 23.7. The number of aromatic nitrogens is 1. The summed E-state index contributed by atoms with van der Waals surface area (Å²) in [5.41, 5.74) is 7.25. The molecular weight excluding hydrogens is 325 g/mol. The van der Waals surface area contributed by atoms with Gasteiger partial charge in [-0.1, -0.05) is 17.3 Å². The number of amidine groups is 1. The average Bonchev–Trinajstić information content (AvgIpc) is 3.11. The molecule has 25 heavy (non-hydrogen) atoms. The molecule has 6 nitrogen and oxygen atoms in total. The van der Waals surface area contributed by atoms with Crippen LogP contribution in [0.5, 0.6) is 5.75 Å². The maximum absolute atomic E-state index is 12.9. The number of ether oxygens (including phenoxy) is 1. The minimum absolute atomic E-state index is 0.0110. The Morgan fingerprint density at radius 3 is 2.72 bits per heavy atom. The molecule has 0 amide bonds. The summed E-state index contributed by atoms with van der Waals surface area (Å²) in [6, 6.07) is 13.1. The second-order valence-electron chi connectivity index (χ2n) is 5.08. The number of nitrogens with two attached hydrogens (primary N) is 1. The summed E-state index contributed by atoms with van der Waals surface area (Å²) >= 11 is 0. The van der Waals surface area contributed by atoms with Gasteiger partial charge < -0.3 is 19.7 Å². The van der Waals surface area contributed by atoms with Gasteiger partial charge in [0.05, 0.1) is 18.9 Å². The van der Waals surface area contributed by atoms with E-state index in [1.54, 1.807) is 37.6 Å². The van der Waals surface area contributed by atoms with Gasteiger partial charge in [0.1, 0.15) is 11.6 Å². The predicted molar refractivity (Wildman–Crippen MR) is 90.4 cm³/mol. The van der Waals surface area contributed by atoms with Crippen molar-refractivity contribution in [3.8, 4) is 17.1 Å². The van der Waals surface area contributed by atoms with Crippen LogP contribution in [0.4, 0.5) is 4.39 Å². The second kappa shape index (κ2) is 7.48. The van der Waals surface area contributed by atoms with Gasteiger partial charge in [0.25, 0.3) is 0 Å². The summed E-state index contributed by atoms with van der Waals surface area (Å²) in [6.07, 6.45) is 1.54. The van der Waals surface area contributed by atoms with Crippen LogP contribution in [-0.2, 0) is 11.4 Å². The molecule has 2 N–H and O–H groups in total. The molecule has 7 heteroatoms.